The molecule has 1 N–H and O–H groups in total. The third-order valence-corrected chi connectivity index (χ3v) is 6.48. The van der Waals surface area contributed by atoms with Gasteiger partial charge in [-0.25, -0.2) is 0 Å². The van der Waals surface area contributed by atoms with Crippen molar-refractivity contribution in [2.75, 3.05) is 6.61 Å². The Hall–Kier alpha value is -2.62. The number of esters is 1. The molecule has 2 aromatic rings. The van der Waals surface area contributed by atoms with E-state index in [1.807, 2.05) is 62.4 Å². The molecule has 0 saturated heterocycles. The second kappa shape index (κ2) is 5.44. The number of carbonyl (C=O) groups is 2. The summed E-state index contributed by atoms with van der Waals surface area (Å²) in [5.41, 5.74) is 2.52. The normalized spacial score (nSPS) is 31.0. The molecule has 5 rings (SSSR count). The van der Waals surface area contributed by atoms with Crippen molar-refractivity contribution in [3.05, 3.63) is 70.8 Å². The number of rotatable bonds is 3. The van der Waals surface area contributed by atoms with E-state index in [2.05, 4.69) is 0 Å². The van der Waals surface area contributed by atoms with Crippen LogP contribution in [0.5, 0.6) is 0 Å². The lowest BCUT2D eigenvalue weighted by atomic mass is 9.42. The Morgan fingerprint density at radius 1 is 0.885 bits per heavy atom. The fourth-order valence-electron chi connectivity index (χ4n) is 5.40. The van der Waals surface area contributed by atoms with E-state index in [0.717, 1.165) is 22.3 Å². The second-order valence-corrected chi connectivity index (χ2v) is 7.54. The van der Waals surface area contributed by atoms with Gasteiger partial charge in [-0.05, 0) is 29.2 Å². The molecule has 2 atom stereocenters. The van der Waals surface area contributed by atoms with E-state index in [1.165, 1.54) is 0 Å². The molecule has 4 nitrogen and oxygen atoms in total. The summed E-state index contributed by atoms with van der Waals surface area (Å²) in [6, 6.07) is 15.8. The first kappa shape index (κ1) is 16.8. The zero-order valence-electron chi connectivity index (χ0n) is 15.2. The highest BCUT2D eigenvalue weighted by atomic mass is 16.5. The summed E-state index contributed by atoms with van der Waals surface area (Å²) >= 11 is 0. The first-order valence-corrected chi connectivity index (χ1v) is 8.97. The maximum Gasteiger partial charge on any atom is 0.311 e. The summed E-state index contributed by atoms with van der Waals surface area (Å²) in [6.07, 6.45) is 0. The number of fused-ring (bicyclic) bond motifs is 1. The van der Waals surface area contributed by atoms with E-state index in [0.29, 0.717) is 0 Å². The highest BCUT2D eigenvalue weighted by Crippen LogP contribution is 2.64. The Labute approximate surface area is 152 Å². The maximum absolute atomic E-state index is 13.0. The Kier molecular flexibility index (Phi) is 3.52. The van der Waals surface area contributed by atoms with Gasteiger partial charge in [0.05, 0.1) is 18.4 Å². The van der Waals surface area contributed by atoms with E-state index >= 15 is 0 Å². The van der Waals surface area contributed by atoms with Gasteiger partial charge < -0.3 is 9.84 Å². The topological polar surface area (TPSA) is 63.6 Å². The molecule has 0 unspecified atom stereocenters. The zero-order valence-corrected chi connectivity index (χ0v) is 15.2. The van der Waals surface area contributed by atoms with Gasteiger partial charge >= 0.3 is 11.9 Å². The Bertz CT molecular complexity index is 866. The van der Waals surface area contributed by atoms with E-state index in [-0.39, 0.29) is 6.61 Å². The van der Waals surface area contributed by atoms with Crippen LogP contribution in [-0.2, 0) is 25.2 Å². The molecule has 2 aromatic carbocycles. The van der Waals surface area contributed by atoms with Crippen LogP contribution in [0.25, 0.3) is 0 Å². The number of ether oxygens (including phenoxy) is 1. The van der Waals surface area contributed by atoms with E-state index in [1.54, 1.807) is 6.92 Å². The number of carbonyl (C=O) groups excluding carboxylic acids is 1. The van der Waals surface area contributed by atoms with Gasteiger partial charge in [0.1, 0.15) is 0 Å². The molecule has 0 aliphatic heterocycles. The van der Waals surface area contributed by atoms with E-state index in [4.69, 9.17) is 4.74 Å². The van der Waals surface area contributed by atoms with Crippen molar-refractivity contribution >= 4 is 11.9 Å². The Balaban J connectivity index is 2.13. The first-order chi connectivity index (χ1) is 12.4. The molecule has 0 aromatic heterocycles. The SMILES string of the molecule is CCOC(=O)[C@@H]1[C@@H](C(=O)O)C2(C)c3ccccc3C1(C)c1ccccc12. The molecule has 2 bridgehead atoms. The van der Waals surface area contributed by atoms with Crippen molar-refractivity contribution in [2.24, 2.45) is 11.8 Å². The molecule has 0 fully saturated rings. The number of carboxylic acid groups (broad SMARTS) is 1. The molecule has 4 heteroatoms. The predicted molar refractivity (Wildman–Crippen MR) is 97.0 cm³/mol. The van der Waals surface area contributed by atoms with E-state index in [9.17, 15) is 14.7 Å². The van der Waals surface area contributed by atoms with Crippen molar-refractivity contribution in [1.29, 1.82) is 0 Å². The molecule has 3 aliphatic carbocycles. The largest absolute Gasteiger partial charge is 0.481 e. The number of benzene rings is 2. The molecule has 0 heterocycles. The van der Waals surface area contributed by atoms with Crippen LogP contribution in [0.1, 0.15) is 43.0 Å². The molecule has 3 aliphatic rings. The second-order valence-electron chi connectivity index (χ2n) is 7.54. The lowest BCUT2D eigenvalue weighted by molar-refractivity contribution is -0.164. The zero-order chi connectivity index (χ0) is 18.7. The molecule has 0 radical (unpaired) electrons. The van der Waals surface area contributed by atoms with Gasteiger partial charge in [0.25, 0.3) is 0 Å². The van der Waals surface area contributed by atoms with Crippen molar-refractivity contribution in [2.45, 2.75) is 31.6 Å². The summed E-state index contributed by atoms with van der Waals surface area (Å²) in [4.78, 5) is 25.4. The number of aliphatic carboxylic acids is 1. The number of hydrogen-bond acceptors (Lipinski definition) is 3. The van der Waals surface area contributed by atoms with Crippen LogP contribution in [0.2, 0.25) is 0 Å². The van der Waals surface area contributed by atoms with Crippen LogP contribution in [0.4, 0.5) is 0 Å². The lowest BCUT2D eigenvalue weighted by Crippen LogP contribution is -2.62. The quantitative estimate of drug-likeness (QED) is 0.861. The Morgan fingerprint density at radius 2 is 1.27 bits per heavy atom. The average Bonchev–Trinajstić information content (AvgIpc) is 2.63. The molecular formula is C22H22O4. The number of carboxylic acids is 1. The highest BCUT2D eigenvalue weighted by Gasteiger charge is 2.66. The van der Waals surface area contributed by atoms with Crippen molar-refractivity contribution in [1.82, 2.24) is 0 Å². The van der Waals surface area contributed by atoms with Gasteiger partial charge in [-0.3, -0.25) is 9.59 Å². The summed E-state index contributed by atoms with van der Waals surface area (Å²) < 4.78 is 5.35. The average molecular weight is 350 g/mol. The molecule has 26 heavy (non-hydrogen) atoms. The lowest BCUT2D eigenvalue weighted by Gasteiger charge is -2.59. The predicted octanol–water partition coefficient (Wildman–Crippen LogP) is 3.51. The van der Waals surface area contributed by atoms with Crippen LogP contribution in [0.15, 0.2) is 48.5 Å². The van der Waals surface area contributed by atoms with E-state index < -0.39 is 34.6 Å². The third-order valence-electron chi connectivity index (χ3n) is 6.48. The van der Waals surface area contributed by atoms with Crippen LogP contribution in [0.3, 0.4) is 0 Å². The molecular weight excluding hydrogens is 328 g/mol. The molecule has 0 saturated carbocycles. The number of hydrogen-bond donors (Lipinski definition) is 1. The fourth-order valence-corrected chi connectivity index (χ4v) is 5.40. The summed E-state index contributed by atoms with van der Waals surface area (Å²) in [5.74, 6) is -3.04. The maximum atomic E-state index is 13.0. The van der Waals surface area contributed by atoms with Gasteiger partial charge in [-0.1, -0.05) is 62.4 Å². The fraction of sp³-hybridized carbons (Fsp3) is 0.364. The monoisotopic (exact) mass is 350 g/mol. The van der Waals surface area contributed by atoms with Gasteiger partial charge in [0.2, 0.25) is 0 Å². The van der Waals surface area contributed by atoms with Crippen LogP contribution < -0.4 is 0 Å². The summed E-state index contributed by atoms with van der Waals surface area (Å²) in [6.45, 7) is 5.92. The molecule has 0 amide bonds. The van der Waals surface area contributed by atoms with Crippen molar-refractivity contribution < 1.29 is 19.4 Å². The minimum Gasteiger partial charge on any atom is -0.481 e. The smallest absolute Gasteiger partial charge is 0.311 e. The Morgan fingerprint density at radius 3 is 1.62 bits per heavy atom. The highest BCUT2D eigenvalue weighted by molar-refractivity contribution is 5.89. The molecule has 0 spiro atoms. The van der Waals surface area contributed by atoms with Crippen LogP contribution in [-0.4, -0.2) is 23.7 Å². The minimum atomic E-state index is -0.958. The van der Waals surface area contributed by atoms with Crippen molar-refractivity contribution in [3.8, 4) is 0 Å². The van der Waals surface area contributed by atoms with Gasteiger partial charge in [0.15, 0.2) is 0 Å². The minimum absolute atomic E-state index is 0.234. The van der Waals surface area contributed by atoms with Crippen molar-refractivity contribution in [3.63, 3.8) is 0 Å². The summed E-state index contributed by atoms with van der Waals surface area (Å²) in [5, 5.41) is 10.2. The molecule has 134 valence electrons. The van der Waals surface area contributed by atoms with Gasteiger partial charge in [-0.15, -0.1) is 0 Å². The first-order valence-electron chi connectivity index (χ1n) is 8.97. The standard InChI is InChI=1S/C22H22O4/c1-4-26-20(25)18-17(19(23)24)21(2)13-9-5-7-11-15(13)22(18,3)16-12-8-6-10-14(16)21/h5-12,17-18H,4H2,1-3H3,(H,23,24)/t17-,18-,21?,22?/m0/s1. The third kappa shape index (κ3) is 1.79. The van der Waals surface area contributed by atoms with Gasteiger partial charge in [-0.2, -0.15) is 0 Å². The van der Waals surface area contributed by atoms with Gasteiger partial charge in [0, 0.05) is 10.8 Å². The summed E-state index contributed by atoms with van der Waals surface area (Å²) in [7, 11) is 0. The van der Waals surface area contributed by atoms with Crippen LogP contribution >= 0.6 is 0 Å². The van der Waals surface area contributed by atoms with Crippen LogP contribution in [0, 0.1) is 11.8 Å².